The molecule has 0 fully saturated rings. The highest BCUT2D eigenvalue weighted by Crippen LogP contribution is 2.31. The van der Waals surface area contributed by atoms with Gasteiger partial charge in [0.2, 0.25) is 0 Å². The quantitative estimate of drug-likeness (QED) is 0.487. The number of hydrogen-bond acceptors (Lipinski definition) is 3. The molecule has 0 aliphatic carbocycles. The predicted octanol–water partition coefficient (Wildman–Crippen LogP) is 5.11. The van der Waals surface area contributed by atoms with Crippen LogP contribution in [0.4, 0.5) is 0 Å². The number of ether oxygens (including phenoxy) is 1. The Hall–Kier alpha value is -1.85. The van der Waals surface area contributed by atoms with Gasteiger partial charge in [0.1, 0.15) is 5.75 Å². The topological polar surface area (TPSA) is 26.5 Å². The van der Waals surface area contributed by atoms with Gasteiger partial charge in [0, 0.05) is 11.8 Å². The van der Waals surface area contributed by atoms with Crippen LogP contribution in [0, 0.1) is 6.92 Å². The zero-order valence-corrected chi connectivity index (χ0v) is 14.8. The molecule has 0 saturated heterocycles. The van der Waals surface area contributed by atoms with Crippen LogP contribution in [0.15, 0.2) is 48.7 Å². The number of aryl methyl sites for hydroxylation is 1. The van der Waals surface area contributed by atoms with Crippen LogP contribution >= 0.6 is 28.3 Å². The van der Waals surface area contributed by atoms with Gasteiger partial charge in [-0.05, 0) is 25.1 Å². The van der Waals surface area contributed by atoms with Crippen LogP contribution in [0.2, 0.25) is 0 Å². The normalized spacial score (nSPS) is 10.8. The van der Waals surface area contributed by atoms with Gasteiger partial charge in [-0.3, -0.25) is 4.40 Å². The van der Waals surface area contributed by atoms with Gasteiger partial charge in [-0.25, -0.2) is 4.98 Å². The van der Waals surface area contributed by atoms with Crippen molar-refractivity contribution in [2.45, 2.75) is 6.92 Å². The van der Waals surface area contributed by atoms with E-state index in [1.54, 1.807) is 18.4 Å². The second kappa shape index (κ2) is 5.74. The molecule has 0 bridgehead atoms. The van der Waals surface area contributed by atoms with E-state index in [-0.39, 0.29) is 17.0 Å². The summed E-state index contributed by atoms with van der Waals surface area (Å²) >= 11 is 1.68. The molecule has 0 spiro atoms. The fourth-order valence-electron chi connectivity index (χ4n) is 2.47. The van der Waals surface area contributed by atoms with Crippen molar-refractivity contribution < 1.29 is 4.74 Å². The Bertz CT molecular complexity index is 941. The fraction of sp³-hybridized carbons (Fsp3) is 0.118. The minimum absolute atomic E-state index is 0. The molecular weight excluding hydrogens is 360 g/mol. The van der Waals surface area contributed by atoms with E-state index in [0.29, 0.717) is 0 Å². The molecule has 3 nitrogen and oxygen atoms in total. The minimum atomic E-state index is 0. The molecule has 0 N–H and O–H groups in total. The lowest BCUT2D eigenvalue weighted by Crippen LogP contribution is -1.82. The number of halogens is 1. The average molecular weight is 375 g/mol. The molecular formula is C17H15BrN2OS. The number of thiazole rings is 1. The number of fused-ring (bicyclic) bond motifs is 3. The number of hydrogen-bond donors (Lipinski definition) is 0. The van der Waals surface area contributed by atoms with E-state index in [0.717, 1.165) is 22.0 Å². The van der Waals surface area contributed by atoms with Gasteiger partial charge in [-0.1, -0.05) is 41.2 Å². The second-order valence-electron chi connectivity index (χ2n) is 5.08. The van der Waals surface area contributed by atoms with E-state index < -0.39 is 0 Å². The Balaban J connectivity index is 0.00000144. The molecule has 112 valence electrons. The number of aromatic nitrogens is 2. The Labute approximate surface area is 143 Å². The average Bonchev–Trinajstić information content (AvgIpc) is 3.04. The van der Waals surface area contributed by atoms with Crippen LogP contribution in [-0.4, -0.2) is 16.5 Å². The molecule has 5 heteroatoms. The van der Waals surface area contributed by atoms with Crippen molar-refractivity contribution in [2.75, 3.05) is 7.11 Å². The third-order valence-electron chi connectivity index (χ3n) is 3.65. The molecule has 0 aliphatic heterocycles. The maximum absolute atomic E-state index is 5.28. The number of nitrogens with zero attached hydrogens (tertiary/aromatic N) is 2. The van der Waals surface area contributed by atoms with E-state index in [2.05, 4.69) is 53.9 Å². The molecule has 0 unspecified atom stereocenters. The largest absolute Gasteiger partial charge is 0.497 e. The summed E-state index contributed by atoms with van der Waals surface area (Å²) in [7, 11) is 1.69. The summed E-state index contributed by atoms with van der Waals surface area (Å²) in [6.07, 6.45) is 2.10. The van der Waals surface area contributed by atoms with Crippen LogP contribution in [0.25, 0.3) is 26.4 Å². The van der Waals surface area contributed by atoms with Crippen LogP contribution in [0.5, 0.6) is 5.75 Å². The fourth-order valence-corrected chi connectivity index (χ4v) is 3.51. The number of imidazole rings is 1. The van der Waals surface area contributed by atoms with Crippen LogP contribution < -0.4 is 4.74 Å². The summed E-state index contributed by atoms with van der Waals surface area (Å²) in [5, 5.41) is 0. The SMILES string of the molecule is Br.COc1ccc2c(c1)sc1nc(-c3ccc(C)cc3)cn12. The van der Waals surface area contributed by atoms with E-state index in [4.69, 9.17) is 9.72 Å². The first-order valence-electron chi connectivity index (χ1n) is 6.77. The van der Waals surface area contributed by atoms with Gasteiger partial charge in [0.15, 0.2) is 4.96 Å². The van der Waals surface area contributed by atoms with Gasteiger partial charge < -0.3 is 4.74 Å². The first kappa shape index (κ1) is 15.1. The second-order valence-corrected chi connectivity index (χ2v) is 6.09. The lowest BCUT2D eigenvalue weighted by molar-refractivity contribution is 0.415. The summed E-state index contributed by atoms with van der Waals surface area (Å²) in [6.45, 7) is 2.09. The zero-order valence-electron chi connectivity index (χ0n) is 12.2. The standard InChI is InChI=1S/C17H14N2OS.BrH/c1-11-3-5-12(6-4-11)14-10-19-15-8-7-13(20-2)9-16(15)21-17(19)18-14;/h3-10H,1-2H3;1H. The smallest absolute Gasteiger partial charge is 0.195 e. The van der Waals surface area contributed by atoms with Crippen molar-refractivity contribution in [2.24, 2.45) is 0 Å². The highest BCUT2D eigenvalue weighted by Gasteiger charge is 2.10. The first-order chi connectivity index (χ1) is 10.2. The molecule has 4 aromatic rings. The Morgan fingerprint density at radius 3 is 2.59 bits per heavy atom. The molecule has 2 heterocycles. The molecule has 22 heavy (non-hydrogen) atoms. The molecule has 4 rings (SSSR count). The van der Waals surface area contributed by atoms with Crippen molar-refractivity contribution in [1.29, 1.82) is 0 Å². The monoisotopic (exact) mass is 374 g/mol. The van der Waals surface area contributed by atoms with Gasteiger partial charge in [-0.2, -0.15) is 0 Å². The maximum Gasteiger partial charge on any atom is 0.195 e. The van der Waals surface area contributed by atoms with Crippen LogP contribution in [0.1, 0.15) is 5.56 Å². The lowest BCUT2D eigenvalue weighted by Gasteiger charge is -1.99. The highest BCUT2D eigenvalue weighted by molar-refractivity contribution is 8.93. The molecule has 0 aliphatic rings. The number of benzene rings is 2. The molecule has 0 amide bonds. The molecule has 2 aromatic heterocycles. The predicted molar refractivity (Wildman–Crippen MR) is 97.6 cm³/mol. The maximum atomic E-state index is 5.28. The third kappa shape index (κ3) is 2.40. The molecule has 0 saturated carbocycles. The Morgan fingerprint density at radius 1 is 1.09 bits per heavy atom. The Kier molecular flexibility index (Phi) is 3.93. The third-order valence-corrected chi connectivity index (χ3v) is 4.67. The first-order valence-corrected chi connectivity index (χ1v) is 7.59. The van der Waals surface area contributed by atoms with Gasteiger partial charge in [0.05, 0.1) is 23.0 Å². The van der Waals surface area contributed by atoms with Crippen LogP contribution in [-0.2, 0) is 0 Å². The lowest BCUT2D eigenvalue weighted by atomic mass is 10.1. The Morgan fingerprint density at radius 2 is 1.86 bits per heavy atom. The number of methoxy groups -OCH3 is 1. The van der Waals surface area contributed by atoms with E-state index in [1.165, 1.54) is 15.8 Å². The summed E-state index contributed by atoms with van der Waals surface area (Å²) in [5.74, 6) is 0.880. The van der Waals surface area contributed by atoms with Crippen molar-refractivity contribution >= 4 is 43.5 Å². The van der Waals surface area contributed by atoms with Crippen molar-refractivity contribution in [3.63, 3.8) is 0 Å². The van der Waals surface area contributed by atoms with E-state index in [1.807, 2.05) is 6.07 Å². The van der Waals surface area contributed by atoms with E-state index >= 15 is 0 Å². The van der Waals surface area contributed by atoms with Gasteiger partial charge in [0.25, 0.3) is 0 Å². The summed E-state index contributed by atoms with van der Waals surface area (Å²) in [4.78, 5) is 5.75. The van der Waals surface area contributed by atoms with Crippen LogP contribution in [0.3, 0.4) is 0 Å². The molecule has 2 aromatic carbocycles. The number of rotatable bonds is 2. The highest BCUT2D eigenvalue weighted by atomic mass is 79.9. The summed E-state index contributed by atoms with van der Waals surface area (Å²) in [6, 6.07) is 14.6. The van der Waals surface area contributed by atoms with Crippen molar-refractivity contribution in [1.82, 2.24) is 9.38 Å². The molecule has 0 atom stereocenters. The zero-order chi connectivity index (χ0) is 14.4. The van der Waals surface area contributed by atoms with Crippen molar-refractivity contribution in [3.05, 3.63) is 54.2 Å². The van der Waals surface area contributed by atoms with Gasteiger partial charge in [-0.15, -0.1) is 17.0 Å². The summed E-state index contributed by atoms with van der Waals surface area (Å²) in [5.41, 5.74) is 4.59. The summed E-state index contributed by atoms with van der Waals surface area (Å²) < 4.78 is 8.61. The minimum Gasteiger partial charge on any atom is -0.497 e. The molecule has 0 radical (unpaired) electrons. The van der Waals surface area contributed by atoms with E-state index in [9.17, 15) is 0 Å². The van der Waals surface area contributed by atoms with Gasteiger partial charge >= 0.3 is 0 Å². The van der Waals surface area contributed by atoms with Crippen molar-refractivity contribution in [3.8, 4) is 17.0 Å².